The Kier molecular flexibility index (Phi) is 4.90. The maximum Gasteiger partial charge on any atom is 0.239 e. The summed E-state index contributed by atoms with van der Waals surface area (Å²) < 4.78 is 10.2. The number of carbonyl (C=O) groups excluding carboxylic acids is 1. The van der Waals surface area contributed by atoms with Gasteiger partial charge < -0.3 is 9.05 Å². The van der Waals surface area contributed by atoms with Crippen LogP contribution in [0.2, 0.25) is 0 Å². The van der Waals surface area contributed by atoms with Crippen molar-refractivity contribution in [2.75, 3.05) is 5.32 Å². The van der Waals surface area contributed by atoms with Crippen molar-refractivity contribution in [3.05, 3.63) is 23.5 Å². The number of hydrogen-bond donors (Lipinski definition) is 1. The van der Waals surface area contributed by atoms with Crippen molar-refractivity contribution in [2.45, 2.75) is 51.0 Å². The molecule has 0 fully saturated rings. The Morgan fingerprint density at radius 2 is 2.09 bits per heavy atom. The second kappa shape index (κ2) is 6.51. The molecular weight excluding hydrogens is 304 g/mol. The molecule has 0 saturated carbocycles. The van der Waals surface area contributed by atoms with Crippen LogP contribution in [0.5, 0.6) is 0 Å². The Morgan fingerprint density at radius 1 is 1.36 bits per heavy atom. The van der Waals surface area contributed by atoms with E-state index in [9.17, 15) is 4.79 Å². The van der Waals surface area contributed by atoms with Crippen molar-refractivity contribution < 1.29 is 13.8 Å². The van der Waals surface area contributed by atoms with Crippen LogP contribution in [-0.2, 0) is 16.0 Å². The summed E-state index contributed by atoms with van der Waals surface area (Å²) in [6.07, 6.45) is 0. The fraction of sp³-hybridized carbons (Fsp3) is 0.571. The maximum atomic E-state index is 12.0. The lowest BCUT2D eigenvalue weighted by molar-refractivity contribution is -0.115. The van der Waals surface area contributed by atoms with Crippen molar-refractivity contribution in [1.82, 2.24) is 15.3 Å². The zero-order chi connectivity index (χ0) is 16.3. The van der Waals surface area contributed by atoms with Gasteiger partial charge in [-0.05, 0) is 13.8 Å². The van der Waals surface area contributed by atoms with E-state index in [2.05, 4.69) is 20.6 Å². The monoisotopic (exact) mass is 324 g/mol. The first-order valence-corrected chi connectivity index (χ1v) is 7.99. The summed E-state index contributed by atoms with van der Waals surface area (Å²) >= 11 is 1.43. The molecule has 2 rings (SSSR count). The van der Waals surface area contributed by atoms with Gasteiger partial charge in [0.15, 0.2) is 5.82 Å². The molecule has 7 nitrogen and oxygen atoms in total. The van der Waals surface area contributed by atoms with Crippen molar-refractivity contribution in [1.29, 1.82) is 0 Å². The number of aryl methyl sites for hydroxylation is 1. The number of thioether (sulfide) groups is 1. The number of anilines is 1. The standard InChI is InChI=1S/C14H20N4O3S/c1-8-6-11(20-17-8)16-12(19)9(2)22-7-10-15-13(21-18-10)14(3,4)5/h6,9H,7H2,1-5H3,(H,16,19)/t9-/m1/s1. The molecule has 1 amide bonds. The van der Waals surface area contributed by atoms with Gasteiger partial charge in [-0.2, -0.15) is 4.98 Å². The molecule has 0 aliphatic carbocycles. The highest BCUT2D eigenvalue weighted by Crippen LogP contribution is 2.22. The van der Waals surface area contributed by atoms with Crippen molar-refractivity contribution >= 4 is 23.6 Å². The summed E-state index contributed by atoms with van der Waals surface area (Å²) in [7, 11) is 0. The van der Waals surface area contributed by atoms with E-state index in [-0.39, 0.29) is 16.6 Å². The summed E-state index contributed by atoms with van der Waals surface area (Å²) in [5.41, 5.74) is 0.542. The van der Waals surface area contributed by atoms with Gasteiger partial charge in [0.25, 0.3) is 0 Å². The quantitative estimate of drug-likeness (QED) is 0.903. The maximum absolute atomic E-state index is 12.0. The van der Waals surface area contributed by atoms with Gasteiger partial charge in [0.2, 0.25) is 17.7 Å². The van der Waals surface area contributed by atoms with Crippen molar-refractivity contribution in [3.8, 4) is 0 Å². The highest BCUT2D eigenvalue weighted by atomic mass is 32.2. The number of carbonyl (C=O) groups is 1. The molecule has 0 aliphatic heterocycles. The first kappa shape index (κ1) is 16.5. The molecule has 0 radical (unpaired) electrons. The van der Waals surface area contributed by atoms with Crippen LogP contribution in [-0.4, -0.2) is 26.5 Å². The highest BCUT2D eigenvalue weighted by molar-refractivity contribution is 7.99. The Morgan fingerprint density at radius 3 is 2.64 bits per heavy atom. The molecule has 2 aromatic heterocycles. The predicted octanol–water partition coefficient (Wildman–Crippen LogP) is 2.92. The van der Waals surface area contributed by atoms with E-state index in [0.29, 0.717) is 23.4 Å². The van der Waals surface area contributed by atoms with E-state index in [4.69, 9.17) is 9.05 Å². The van der Waals surface area contributed by atoms with Gasteiger partial charge >= 0.3 is 0 Å². The highest BCUT2D eigenvalue weighted by Gasteiger charge is 2.22. The Labute approximate surface area is 133 Å². The summed E-state index contributed by atoms with van der Waals surface area (Å²) in [6.45, 7) is 9.63. The van der Waals surface area contributed by atoms with Gasteiger partial charge in [-0.25, -0.2) is 0 Å². The average Bonchev–Trinajstić information content (AvgIpc) is 3.04. The third-order valence-corrected chi connectivity index (χ3v) is 3.95. The Hall–Kier alpha value is -1.83. The minimum Gasteiger partial charge on any atom is -0.339 e. The smallest absolute Gasteiger partial charge is 0.239 e. The molecule has 2 aromatic rings. The van der Waals surface area contributed by atoms with Gasteiger partial charge in [-0.1, -0.05) is 31.1 Å². The van der Waals surface area contributed by atoms with Crippen LogP contribution in [0.15, 0.2) is 15.1 Å². The number of hydrogen-bond acceptors (Lipinski definition) is 7. The molecule has 0 bridgehead atoms. The van der Waals surface area contributed by atoms with E-state index in [1.54, 1.807) is 13.0 Å². The molecule has 1 N–H and O–H groups in total. The number of aromatic nitrogens is 3. The molecule has 120 valence electrons. The fourth-order valence-corrected chi connectivity index (χ4v) is 2.26. The second-order valence-corrected chi connectivity index (χ2v) is 7.37. The van der Waals surface area contributed by atoms with E-state index in [0.717, 1.165) is 5.69 Å². The van der Waals surface area contributed by atoms with Crippen LogP contribution >= 0.6 is 11.8 Å². The lowest BCUT2D eigenvalue weighted by atomic mass is 9.97. The summed E-state index contributed by atoms with van der Waals surface area (Å²) in [5, 5.41) is 10.1. The first-order chi connectivity index (χ1) is 10.3. The zero-order valence-electron chi connectivity index (χ0n) is 13.3. The molecule has 0 saturated heterocycles. The third kappa shape index (κ3) is 4.33. The van der Waals surface area contributed by atoms with Gasteiger partial charge in [-0.3, -0.25) is 10.1 Å². The molecule has 8 heteroatoms. The normalized spacial score (nSPS) is 13.1. The molecule has 2 heterocycles. The van der Waals surface area contributed by atoms with Crippen LogP contribution in [0, 0.1) is 6.92 Å². The van der Waals surface area contributed by atoms with Crippen LogP contribution < -0.4 is 5.32 Å². The molecule has 22 heavy (non-hydrogen) atoms. The fourth-order valence-electron chi connectivity index (χ4n) is 1.54. The van der Waals surface area contributed by atoms with E-state index in [1.165, 1.54) is 11.8 Å². The van der Waals surface area contributed by atoms with Crippen molar-refractivity contribution in [2.24, 2.45) is 0 Å². The number of rotatable bonds is 5. The molecule has 0 aromatic carbocycles. The molecule has 0 aliphatic rings. The molecule has 1 atom stereocenters. The van der Waals surface area contributed by atoms with Crippen LogP contribution in [0.3, 0.4) is 0 Å². The Balaban J connectivity index is 1.85. The number of nitrogens with zero attached hydrogens (tertiary/aromatic N) is 3. The van der Waals surface area contributed by atoms with Gasteiger partial charge in [-0.15, -0.1) is 11.8 Å². The third-order valence-electron chi connectivity index (χ3n) is 2.82. The number of nitrogens with one attached hydrogen (secondary N) is 1. The lowest BCUT2D eigenvalue weighted by Crippen LogP contribution is -2.22. The number of amides is 1. The summed E-state index contributed by atoms with van der Waals surface area (Å²) in [4.78, 5) is 16.4. The van der Waals surface area contributed by atoms with E-state index < -0.39 is 0 Å². The van der Waals surface area contributed by atoms with Gasteiger partial charge in [0.05, 0.1) is 16.7 Å². The van der Waals surface area contributed by atoms with Crippen LogP contribution in [0.4, 0.5) is 5.88 Å². The second-order valence-electron chi connectivity index (χ2n) is 6.04. The van der Waals surface area contributed by atoms with Crippen molar-refractivity contribution in [3.63, 3.8) is 0 Å². The zero-order valence-corrected chi connectivity index (χ0v) is 14.2. The van der Waals surface area contributed by atoms with Gasteiger partial charge in [0.1, 0.15) is 0 Å². The summed E-state index contributed by atoms with van der Waals surface area (Å²) in [5.74, 6) is 1.89. The lowest BCUT2D eigenvalue weighted by Gasteiger charge is -2.10. The first-order valence-electron chi connectivity index (χ1n) is 6.94. The predicted molar refractivity (Wildman–Crippen MR) is 83.6 cm³/mol. The molecule has 0 spiro atoms. The largest absolute Gasteiger partial charge is 0.339 e. The molecular formula is C14H20N4O3S. The van der Waals surface area contributed by atoms with E-state index >= 15 is 0 Å². The topological polar surface area (TPSA) is 94.1 Å². The molecule has 0 unspecified atom stereocenters. The summed E-state index contributed by atoms with van der Waals surface area (Å²) in [6, 6.07) is 1.67. The van der Waals surface area contributed by atoms with E-state index in [1.807, 2.05) is 27.7 Å². The average molecular weight is 324 g/mol. The Bertz CT molecular complexity index is 645. The minimum atomic E-state index is -0.276. The minimum absolute atomic E-state index is 0.152. The van der Waals surface area contributed by atoms with Crippen LogP contribution in [0.25, 0.3) is 0 Å². The van der Waals surface area contributed by atoms with Gasteiger partial charge in [0, 0.05) is 11.5 Å². The van der Waals surface area contributed by atoms with Crippen LogP contribution in [0.1, 0.15) is 45.1 Å². The SMILES string of the molecule is Cc1cc(NC(=O)[C@@H](C)SCc2noc(C(C)(C)C)n2)on1.